The highest BCUT2D eigenvalue weighted by molar-refractivity contribution is 5.93. The molecule has 7 nitrogen and oxygen atoms in total. The van der Waals surface area contributed by atoms with Crippen molar-refractivity contribution in [3.8, 4) is 0 Å². The summed E-state index contributed by atoms with van der Waals surface area (Å²) in [7, 11) is 0. The Labute approximate surface area is 152 Å². The van der Waals surface area contributed by atoms with Crippen molar-refractivity contribution in [1.82, 2.24) is 25.2 Å². The summed E-state index contributed by atoms with van der Waals surface area (Å²) >= 11 is 0. The van der Waals surface area contributed by atoms with E-state index in [-0.39, 0.29) is 17.9 Å². The van der Waals surface area contributed by atoms with Crippen LogP contribution in [0.15, 0.2) is 24.5 Å². The summed E-state index contributed by atoms with van der Waals surface area (Å²) in [6, 6.07) is 3.60. The third kappa shape index (κ3) is 3.71. The van der Waals surface area contributed by atoms with Gasteiger partial charge in [0.15, 0.2) is 0 Å². The van der Waals surface area contributed by atoms with Crippen LogP contribution in [0.4, 0.5) is 0 Å². The molecule has 1 aliphatic rings. The van der Waals surface area contributed by atoms with E-state index in [1.165, 1.54) is 0 Å². The highest BCUT2D eigenvalue weighted by atomic mass is 16.2. The van der Waals surface area contributed by atoms with Gasteiger partial charge in [-0.25, -0.2) is 9.97 Å². The van der Waals surface area contributed by atoms with Crippen LogP contribution < -0.4 is 5.32 Å². The van der Waals surface area contributed by atoms with E-state index in [0.717, 1.165) is 36.2 Å². The van der Waals surface area contributed by atoms with Crippen molar-refractivity contribution in [1.29, 1.82) is 0 Å². The lowest BCUT2D eigenvalue weighted by Crippen LogP contribution is -2.31. The molecule has 7 heteroatoms. The number of hydrogen-bond acceptors (Lipinski definition) is 5. The highest BCUT2D eigenvalue weighted by Gasteiger charge is 2.31. The fourth-order valence-corrected chi connectivity index (χ4v) is 3.35. The normalized spacial score (nSPS) is 16.6. The molecule has 1 aliphatic heterocycles. The quantitative estimate of drug-likeness (QED) is 0.909. The Kier molecular flexibility index (Phi) is 5.25. The second kappa shape index (κ2) is 7.59. The van der Waals surface area contributed by atoms with Gasteiger partial charge in [0, 0.05) is 38.0 Å². The Morgan fingerprint density at radius 2 is 2.12 bits per heavy atom. The second-order valence-electron chi connectivity index (χ2n) is 6.55. The molecule has 1 N–H and O–H groups in total. The number of amides is 2. The Balaban J connectivity index is 1.81. The summed E-state index contributed by atoms with van der Waals surface area (Å²) in [4.78, 5) is 39.2. The molecule has 1 saturated heterocycles. The molecular formula is C19H23N5O2. The number of rotatable bonds is 4. The minimum Gasteiger partial charge on any atom is -0.346 e. The van der Waals surface area contributed by atoms with Gasteiger partial charge in [-0.05, 0) is 38.3 Å². The molecule has 0 bridgehead atoms. The van der Waals surface area contributed by atoms with Crippen LogP contribution in [0.2, 0.25) is 0 Å². The van der Waals surface area contributed by atoms with Gasteiger partial charge in [-0.1, -0.05) is 6.07 Å². The smallest absolute Gasteiger partial charge is 0.270 e. The largest absolute Gasteiger partial charge is 0.346 e. The number of nitrogens with zero attached hydrogens (tertiary/aromatic N) is 4. The van der Waals surface area contributed by atoms with Crippen molar-refractivity contribution in [3.05, 3.63) is 52.9 Å². The molecule has 0 aromatic carbocycles. The lowest BCUT2D eigenvalue weighted by Gasteiger charge is -2.25. The molecular weight excluding hydrogens is 330 g/mol. The van der Waals surface area contributed by atoms with Crippen LogP contribution in [-0.4, -0.2) is 38.2 Å². The lowest BCUT2D eigenvalue weighted by atomic mass is 10.1. The molecule has 0 saturated carbocycles. The van der Waals surface area contributed by atoms with Crippen LogP contribution in [0.3, 0.4) is 0 Å². The van der Waals surface area contributed by atoms with Gasteiger partial charge in [0.2, 0.25) is 5.91 Å². The Morgan fingerprint density at radius 1 is 1.31 bits per heavy atom. The molecule has 2 aromatic heterocycles. The van der Waals surface area contributed by atoms with E-state index in [4.69, 9.17) is 0 Å². The molecule has 0 radical (unpaired) electrons. The number of aryl methyl sites for hydroxylation is 2. The average Bonchev–Trinajstić information content (AvgIpc) is 3.10. The summed E-state index contributed by atoms with van der Waals surface area (Å²) in [5.74, 6) is 0.471. The first-order valence-electron chi connectivity index (χ1n) is 8.77. The number of likely N-dealkylation sites (tertiary alicyclic amines) is 1. The van der Waals surface area contributed by atoms with E-state index in [9.17, 15) is 9.59 Å². The van der Waals surface area contributed by atoms with Crippen LogP contribution >= 0.6 is 0 Å². The molecule has 2 amide bonds. The number of pyridine rings is 1. The standard InChI is InChI=1S/C19H23N5O2/c1-12-6-4-8-20-17(12)19(26)22-11-15-10-21-13(2)23-18(15)16-7-5-9-24(16)14(3)25/h4,6,8,10,16H,5,7,9,11H2,1-3H3,(H,22,26)/t16-/m0/s1. The van der Waals surface area contributed by atoms with E-state index in [1.54, 1.807) is 25.4 Å². The topological polar surface area (TPSA) is 88.1 Å². The van der Waals surface area contributed by atoms with E-state index in [0.29, 0.717) is 18.1 Å². The van der Waals surface area contributed by atoms with Gasteiger partial charge in [-0.3, -0.25) is 14.6 Å². The van der Waals surface area contributed by atoms with Gasteiger partial charge in [0.05, 0.1) is 11.7 Å². The van der Waals surface area contributed by atoms with E-state index in [2.05, 4.69) is 20.3 Å². The van der Waals surface area contributed by atoms with Crippen LogP contribution in [0.25, 0.3) is 0 Å². The van der Waals surface area contributed by atoms with Crippen molar-refractivity contribution < 1.29 is 9.59 Å². The summed E-state index contributed by atoms with van der Waals surface area (Å²) in [5.41, 5.74) is 2.89. The zero-order valence-corrected chi connectivity index (χ0v) is 15.3. The van der Waals surface area contributed by atoms with Crippen LogP contribution in [0.5, 0.6) is 0 Å². The Bertz CT molecular complexity index is 836. The Morgan fingerprint density at radius 3 is 2.85 bits per heavy atom. The minimum atomic E-state index is -0.232. The summed E-state index contributed by atoms with van der Waals surface area (Å²) < 4.78 is 0. The van der Waals surface area contributed by atoms with Gasteiger partial charge in [-0.15, -0.1) is 0 Å². The molecule has 2 aromatic rings. The maximum atomic E-state index is 12.4. The van der Waals surface area contributed by atoms with Crippen molar-refractivity contribution in [3.63, 3.8) is 0 Å². The summed E-state index contributed by atoms with van der Waals surface area (Å²) in [6.07, 6.45) is 5.16. The summed E-state index contributed by atoms with van der Waals surface area (Å²) in [5, 5.41) is 2.90. The van der Waals surface area contributed by atoms with Gasteiger partial charge in [0.25, 0.3) is 5.91 Å². The molecule has 26 heavy (non-hydrogen) atoms. The maximum Gasteiger partial charge on any atom is 0.270 e. The fourth-order valence-electron chi connectivity index (χ4n) is 3.35. The van der Waals surface area contributed by atoms with Crippen molar-refractivity contribution in [2.45, 2.75) is 46.2 Å². The molecule has 3 heterocycles. The average molecular weight is 353 g/mol. The molecule has 3 rings (SSSR count). The maximum absolute atomic E-state index is 12.4. The van der Waals surface area contributed by atoms with Crippen LogP contribution in [0, 0.1) is 13.8 Å². The zero-order valence-electron chi connectivity index (χ0n) is 15.3. The summed E-state index contributed by atoms with van der Waals surface area (Å²) in [6.45, 7) is 6.30. The molecule has 0 spiro atoms. The van der Waals surface area contributed by atoms with Crippen molar-refractivity contribution >= 4 is 11.8 Å². The number of hydrogen-bond donors (Lipinski definition) is 1. The molecule has 0 aliphatic carbocycles. The molecule has 1 fully saturated rings. The van der Waals surface area contributed by atoms with Crippen LogP contribution in [0.1, 0.15) is 58.9 Å². The van der Waals surface area contributed by atoms with Gasteiger partial charge < -0.3 is 10.2 Å². The van der Waals surface area contributed by atoms with E-state index >= 15 is 0 Å². The molecule has 136 valence electrons. The SMILES string of the molecule is CC(=O)N1CCC[C@H]1c1nc(C)ncc1CNC(=O)c1ncccc1C. The first kappa shape index (κ1) is 18.0. The van der Waals surface area contributed by atoms with E-state index in [1.807, 2.05) is 24.8 Å². The predicted molar refractivity (Wildman–Crippen MR) is 96.3 cm³/mol. The number of aromatic nitrogens is 3. The predicted octanol–water partition coefficient (Wildman–Crippen LogP) is 2.10. The zero-order chi connectivity index (χ0) is 18.7. The minimum absolute atomic E-state index is 0.0443. The van der Waals surface area contributed by atoms with Crippen molar-refractivity contribution in [2.24, 2.45) is 0 Å². The second-order valence-corrected chi connectivity index (χ2v) is 6.55. The number of carbonyl (C=O) groups is 2. The van der Waals surface area contributed by atoms with Crippen molar-refractivity contribution in [2.75, 3.05) is 6.54 Å². The Hall–Kier alpha value is -2.83. The van der Waals surface area contributed by atoms with Gasteiger partial charge in [0.1, 0.15) is 11.5 Å². The van der Waals surface area contributed by atoms with Gasteiger partial charge >= 0.3 is 0 Å². The number of nitrogens with one attached hydrogen (secondary N) is 1. The third-order valence-electron chi connectivity index (χ3n) is 4.66. The van der Waals surface area contributed by atoms with Crippen LogP contribution in [-0.2, 0) is 11.3 Å². The first-order chi connectivity index (χ1) is 12.5. The first-order valence-corrected chi connectivity index (χ1v) is 8.77. The highest BCUT2D eigenvalue weighted by Crippen LogP contribution is 2.32. The molecule has 0 unspecified atom stereocenters. The molecule has 1 atom stereocenters. The monoisotopic (exact) mass is 353 g/mol. The fraction of sp³-hybridized carbons (Fsp3) is 0.421. The lowest BCUT2D eigenvalue weighted by molar-refractivity contribution is -0.129. The third-order valence-corrected chi connectivity index (χ3v) is 4.66. The number of carbonyl (C=O) groups excluding carboxylic acids is 2. The van der Waals surface area contributed by atoms with E-state index < -0.39 is 0 Å². The van der Waals surface area contributed by atoms with Gasteiger partial charge in [-0.2, -0.15) is 0 Å².